The Kier molecular flexibility index (Phi) is 6.42. The fourth-order valence-electron chi connectivity index (χ4n) is 7.06. The normalized spacial score (nSPS) is 47.8. The third-order valence-corrected chi connectivity index (χ3v) is 8.09. The van der Waals surface area contributed by atoms with Crippen molar-refractivity contribution in [2.45, 2.75) is 91.6 Å². The van der Waals surface area contributed by atoms with Gasteiger partial charge in [0.25, 0.3) is 0 Å². The van der Waals surface area contributed by atoms with Crippen LogP contribution in [0.5, 0.6) is 0 Å². The Bertz CT molecular complexity index is 496. The number of ketones is 1. The second-order valence-corrected chi connectivity index (χ2v) is 9.15. The monoisotopic (exact) mass is 346 g/mol. The van der Waals surface area contributed by atoms with Crippen LogP contribution in [0.3, 0.4) is 0 Å². The number of aliphatic hydroxyl groups is 1. The van der Waals surface area contributed by atoms with Gasteiger partial charge in [-0.15, -0.1) is 12.8 Å². The van der Waals surface area contributed by atoms with Gasteiger partial charge in [0.1, 0.15) is 5.78 Å². The van der Waals surface area contributed by atoms with E-state index in [1.165, 1.54) is 32.1 Å². The molecular weight excluding hydrogens is 308 g/mol. The molecule has 0 spiro atoms. The second-order valence-electron chi connectivity index (χ2n) is 9.15. The van der Waals surface area contributed by atoms with Crippen LogP contribution in [0.2, 0.25) is 0 Å². The first kappa shape index (κ1) is 20.5. The molecule has 0 bridgehead atoms. The summed E-state index contributed by atoms with van der Waals surface area (Å²) >= 11 is 0. The third-order valence-electron chi connectivity index (χ3n) is 8.09. The van der Waals surface area contributed by atoms with Crippen LogP contribution in [-0.4, -0.2) is 17.0 Å². The number of terminal acetylenes is 1. The van der Waals surface area contributed by atoms with Crippen LogP contribution in [0.1, 0.15) is 85.5 Å². The highest BCUT2D eigenvalue weighted by Gasteiger charge is 2.60. The van der Waals surface area contributed by atoms with Crippen LogP contribution in [0.25, 0.3) is 0 Å². The van der Waals surface area contributed by atoms with Gasteiger partial charge in [0.2, 0.25) is 0 Å². The van der Waals surface area contributed by atoms with Crippen LogP contribution < -0.4 is 0 Å². The van der Waals surface area contributed by atoms with Gasteiger partial charge in [-0.2, -0.15) is 0 Å². The molecule has 1 N–H and O–H groups in total. The molecule has 0 amide bonds. The van der Waals surface area contributed by atoms with E-state index in [1.807, 2.05) is 13.8 Å². The standard InChI is InChI=1S/C19H30O2.C2H6.C2H2/c1-18-8-3-4-15(18)14-6-5-12-10-13(20)7-9-19(12,2)17(14)16(21)11-18;2*1-2/h12-15,17,20H,3-11H2,1-2H3;1-2H3;1-2H/t12?,13-,14?,15?,17?,18+,19+;;/m1../s1. The predicted octanol–water partition coefficient (Wildman–Crippen LogP) is 5.23. The van der Waals surface area contributed by atoms with Gasteiger partial charge in [0.05, 0.1) is 6.10 Å². The average molecular weight is 347 g/mol. The summed E-state index contributed by atoms with van der Waals surface area (Å²) in [5.74, 6) is 2.90. The Morgan fingerprint density at radius 1 is 1.04 bits per heavy atom. The van der Waals surface area contributed by atoms with E-state index in [0.29, 0.717) is 29.0 Å². The lowest BCUT2D eigenvalue weighted by atomic mass is 9.45. The first-order valence-electron chi connectivity index (χ1n) is 10.5. The maximum Gasteiger partial charge on any atom is 0.137 e. The summed E-state index contributed by atoms with van der Waals surface area (Å²) in [5.41, 5.74) is 0.499. The zero-order valence-corrected chi connectivity index (χ0v) is 16.8. The zero-order chi connectivity index (χ0) is 18.8. The van der Waals surface area contributed by atoms with Crippen molar-refractivity contribution in [3.8, 4) is 12.8 Å². The average Bonchev–Trinajstić information content (AvgIpc) is 3.00. The van der Waals surface area contributed by atoms with Crippen molar-refractivity contribution in [2.75, 3.05) is 0 Å². The highest BCUT2D eigenvalue weighted by Crippen LogP contribution is 2.65. The van der Waals surface area contributed by atoms with Crippen molar-refractivity contribution in [3.05, 3.63) is 0 Å². The summed E-state index contributed by atoms with van der Waals surface area (Å²) in [4.78, 5) is 13.1. The van der Waals surface area contributed by atoms with Crippen molar-refractivity contribution in [1.29, 1.82) is 0 Å². The molecule has 0 aromatic carbocycles. The van der Waals surface area contributed by atoms with E-state index < -0.39 is 0 Å². The number of hydrogen-bond donors (Lipinski definition) is 1. The number of Topliss-reactive ketones (excluding diaryl/α,β-unsaturated/α-hetero) is 1. The molecule has 4 unspecified atom stereocenters. The van der Waals surface area contributed by atoms with Gasteiger partial charge in [-0.25, -0.2) is 0 Å². The minimum atomic E-state index is -0.116. The van der Waals surface area contributed by atoms with Crippen LogP contribution >= 0.6 is 0 Å². The van der Waals surface area contributed by atoms with E-state index in [1.54, 1.807) is 0 Å². The molecule has 4 aliphatic rings. The Hall–Kier alpha value is -0.810. The largest absolute Gasteiger partial charge is 0.393 e. The molecule has 4 saturated carbocycles. The fourth-order valence-corrected chi connectivity index (χ4v) is 7.06. The molecule has 0 radical (unpaired) electrons. The number of carbonyl (C=O) groups is 1. The molecule has 0 heterocycles. The van der Waals surface area contributed by atoms with E-state index in [-0.39, 0.29) is 11.5 Å². The SMILES string of the molecule is C#C.CC.C[C@@]12CCCC1C1CCC3C[C@H](O)CC[C@]3(C)C1C(=O)C2. The Labute approximate surface area is 155 Å². The number of aliphatic hydroxyl groups excluding tert-OH is 1. The summed E-state index contributed by atoms with van der Waals surface area (Å²) in [5, 5.41) is 10.0. The van der Waals surface area contributed by atoms with Crippen molar-refractivity contribution in [2.24, 2.45) is 34.5 Å². The van der Waals surface area contributed by atoms with Crippen molar-refractivity contribution in [3.63, 3.8) is 0 Å². The van der Waals surface area contributed by atoms with Gasteiger partial charge in [-0.1, -0.05) is 34.1 Å². The number of carbonyl (C=O) groups excluding carboxylic acids is 1. The molecule has 2 heteroatoms. The van der Waals surface area contributed by atoms with Gasteiger partial charge < -0.3 is 5.11 Å². The van der Waals surface area contributed by atoms with E-state index in [2.05, 4.69) is 26.7 Å². The third kappa shape index (κ3) is 3.30. The smallest absolute Gasteiger partial charge is 0.137 e. The maximum absolute atomic E-state index is 13.1. The lowest BCUT2D eigenvalue weighted by molar-refractivity contribution is -0.159. The fraction of sp³-hybridized carbons (Fsp3) is 0.870. The Morgan fingerprint density at radius 2 is 1.72 bits per heavy atom. The lowest BCUT2D eigenvalue weighted by Crippen LogP contribution is -2.56. The molecule has 142 valence electrons. The molecule has 25 heavy (non-hydrogen) atoms. The molecule has 4 aliphatic carbocycles. The summed E-state index contributed by atoms with van der Waals surface area (Å²) in [7, 11) is 0. The predicted molar refractivity (Wildman–Crippen MR) is 104 cm³/mol. The first-order chi connectivity index (χ1) is 11.9. The lowest BCUT2D eigenvalue weighted by Gasteiger charge is -2.59. The van der Waals surface area contributed by atoms with E-state index in [9.17, 15) is 9.90 Å². The highest BCUT2D eigenvalue weighted by atomic mass is 16.3. The molecule has 4 rings (SSSR count). The molecule has 0 saturated heterocycles. The molecule has 2 nitrogen and oxygen atoms in total. The van der Waals surface area contributed by atoms with Gasteiger partial charge in [-0.3, -0.25) is 4.79 Å². The minimum absolute atomic E-state index is 0.116. The van der Waals surface area contributed by atoms with Crippen LogP contribution in [0, 0.1) is 47.3 Å². The summed E-state index contributed by atoms with van der Waals surface area (Å²) in [6, 6.07) is 0. The highest BCUT2D eigenvalue weighted by molar-refractivity contribution is 5.84. The number of fused-ring (bicyclic) bond motifs is 5. The van der Waals surface area contributed by atoms with Crippen LogP contribution in [0.15, 0.2) is 0 Å². The van der Waals surface area contributed by atoms with Gasteiger partial charge in [0, 0.05) is 12.3 Å². The van der Waals surface area contributed by atoms with Crippen molar-refractivity contribution >= 4 is 5.78 Å². The van der Waals surface area contributed by atoms with E-state index in [4.69, 9.17) is 0 Å². The van der Waals surface area contributed by atoms with Gasteiger partial charge >= 0.3 is 0 Å². The van der Waals surface area contributed by atoms with Gasteiger partial charge in [-0.05, 0) is 73.5 Å². The molecule has 4 fully saturated rings. The molecule has 0 aliphatic heterocycles. The first-order valence-corrected chi connectivity index (χ1v) is 10.5. The summed E-state index contributed by atoms with van der Waals surface area (Å²) in [6.07, 6.45) is 18.1. The zero-order valence-electron chi connectivity index (χ0n) is 16.8. The van der Waals surface area contributed by atoms with Crippen molar-refractivity contribution in [1.82, 2.24) is 0 Å². The minimum Gasteiger partial charge on any atom is -0.393 e. The summed E-state index contributed by atoms with van der Waals surface area (Å²) in [6.45, 7) is 8.77. The van der Waals surface area contributed by atoms with Crippen molar-refractivity contribution < 1.29 is 9.90 Å². The number of rotatable bonds is 0. The van der Waals surface area contributed by atoms with E-state index >= 15 is 0 Å². The molecule has 7 atom stereocenters. The molecule has 0 aromatic heterocycles. The molecule has 0 aromatic rings. The topological polar surface area (TPSA) is 37.3 Å². The second kappa shape index (κ2) is 7.83. The Balaban J connectivity index is 0.000000528. The van der Waals surface area contributed by atoms with E-state index in [0.717, 1.165) is 31.6 Å². The van der Waals surface area contributed by atoms with Crippen LogP contribution in [-0.2, 0) is 4.79 Å². The maximum atomic E-state index is 13.1. The summed E-state index contributed by atoms with van der Waals surface area (Å²) < 4.78 is 0. The van der Waals surface area contributed by atoms with Gasteiger partial charge in [0.15, 0.2) is 0 Å². The quantitative estimate of drug-likeness (QED) is 0.609. The molecular formula is C23H38O2. The van der Waals surface area contributed by atoms with Crippen LogP contribution in [0.4, 0.5) is 0 Å². The number of hydrogen-bond acceptors (Lipinski definition) is 2. The Morgan fingerprint density at radius 3 is 2.40 bits per heavy atom.